The molecule has 0 amide bonds. The highest BCUT2D eigenvalue weighted by molar-refractivity contribution is 6.36. The maximum Gasteiger partial charge on any atom is 0.201 e. The van der Waals surface area contributed by atoms with Gasteiger partial charge in [-0.1, -0.05) is 96.4 Å². The largest absolute Gasteiger partial charge is 0.291 e. The minimum atomic E-state index is -0.357. The van der Waals surface area contributed by atoms with Crippen LogP contribution in [0.2, 0.25) is 0 Å². The fourth-order valence-corrected chi connectivity index (χ4v) is 4.15. The van der Waals surface area contributed by atoms with Gasteiger partial charge in [0.05, 0.1) is 0 Å². The number of carbonyl (C=O) groups is 4. The summed E-state index contributed by atoms with van der Waals surface area (Å²) in [5.41, 5.74) is 9.41. The summed E-state index contributed by atoms with van der Waals surface area (Å²) < 4.78 is 0. The van der Waals surface area contributed by atoms with Crippen LogP contribution < -0.4 is 0 Å². The van der Waals surface area contributed by atoms with Crippen LogP contribution in [0, 0.1) is 0 Å². The quantitative estimate of drug-likeness (QED) is 0.0914. The predicted octanol–water partition coefficient (Wildman–Crippen LogP) is 12.9. The van der Waals surface area contributed by atoms with Crippen molar-refractivity contribution in [1.29, 1.82) is 0 Å². The summed E-state index contributed by atoms with van der Waals surface area (Å²) in [5.74, 6) is -1.33. The van der Waals surface area contributed by atoms with E-state index < -0.39 is 0 Å². The molecule has 0 aromatic heterocycles. The van der Waals surface area contributed by atoms with Crippen molar-refractivity contribution in [3.05, 3.63) is 81.5 Å². The van der Waals surface area contributed by atoms with Gasteiger partial charge in [0.1, 0.15) is 0 Å². The second-order valence-corrected chi connectivity index (χ2v) is 12.9. The van der Waals surface area contributed by atoms with Gasteiger partial charge in [-0.05, 0) is 127 Å². The van der Waals surface area contributed by atoms with Gasteiger partial charge in [-0.3, -0.25) is 19.2 Å². The van der Waals surface area contributed by atoms with Gasteiger partial charge < -0.3 is 0 Å². The lowest BCUT2D eigenvalue weighted by Gasteiger charge is -2.02. The zero-order chi connectivity index (χ0) is 34.8. The Kier molecular flexibility index (Phi) is 33.9. The number of Topliss-reactive ketones (excluding diaryl/α,β-unsaturated/α-hetero) is 4. The van der Waals surface area contributed by atoms with Crippen LogP contribution in [0.25, 0.3) is 0 Å². The number of hydrogen-bond donors (Lipinski definition) is 0. The van der Waals surface area contributed by atoms with Crippen LogP contribution in [0.3, 0.4) is 0 Å². The maximum atomic E-state index is 11.3. The van der Waals surface area contributed by atoms with Gasteiger partial charge in [-0.2, -0.15) is 0 Å². The van der Waals surface area contributed by atoms with Gasteiger partial charge in [-0.15, -0.1) is 0 Å². The van der Waals surface area contributed by atoms with Gasteiger partial charge in [0.25, 0.3) is 0 Å². The maximum absolute atomic E-state index is 11.3. The van der Waals surface area contributed by atoms with E-state index in [0.29, 0.717) is 0 Å². The van der Waals surface area contributed by atoms with Gasteiger partial charge in [-0.25, -0.2) is 0 Å². The molecule has 0 rings (SSSR count). The molecule has 0 aromatic carbocycles. The molecule has 4 nitrogen and oxygen atoms in total. The Bertz CT molecular complexity index is 1150. The summed E-state index contributed by atoms with van der Waals surface area (Å²) in [6, 6.07) is 0. The van der Waals surface area contributed by atoms with Crippen LogP contribution in [0.4, 0.5) is 0 Å². The Labute approximate surface area is 291 Å². The SMILES string of the molecule is C.C.CC(=O)C(=O)C/C=C(\C)CC/C=C(\C)CC/C=C(\C)CCC=C(C)C.CC(=O)C(=O)C/C=C(\C)CC/C=C(\C)CCC=C(C)C. The van der Waals surface area contributed by atoms with Crippen LogP contribution in [-0.4, -0.2) is 23.1 Å². The van der Waals surface area contributed by atoms with Crippen LogP contribution in [0.1, 0.15) is 168 Å². The molecule has 0 saturated carbocycles. The zero-order valence-corrected chi connectivity index (χ0v) is 30.7. The number of allylic oxidation sites excluding steroid dienone is 14. The average molecular weight is 653 g/mol. The molecule has 0 atom stereocenters. The van der Waals surface area contributed by atoms with E-state index in [2.05, 4.69) is 78.8 Å². The number of carbonyl (C=O) groups excluding carboxylic acids is 4. The summed E-state index contributed by atoms with van der Waals surface area (Å²) in [6.07, 6.45) is 26.3. The fourth-order valence-electron chi connectivity index (χ4n) is 4.15. The summed E-state index contributed by atoms with van der Waals surface area (Å²) in [7, 11) is 0. The van der Waals surface area contributed by atoms with E-state index >= 15 is 0 Å². The molecule has 4 heteroatoms. The van der Waals surface area contributed by atoms with Crippen LogP contribution in [-0.2, 0) is 19.2 Å². The first-order valence-corrected chi connectivity index (χ1v) is 16.7. The Morgan fingerprint density at radius 1 is 0.340 bits per heavy atom. The molecule has 0 aliphatic carbocycles. The zero-order valence-electron chi connectivity index (χ0n) is 30.7. The van der Waals surface area contributed by atoms with E-state index in [1.807, 2.05) is 26.0 Å². The lowest BCUT2D eigenvalue weighted by molar-refractivity contribution is -0.134. The predicted molar refractivity (Wildman–Crippen MR) is 208 cm³/mol. The average Bonchev–Trinajstić information content (AvgIpc) is 2.94. The summed E-state index contributed by atoms with van der Waals surface area (Å²) in [6.45, 7) is 21.8. The molecule has 0 heterocycles. The van der Waals surface area contributed by atoms with E-state index in [0.717, 1.165) is 64.2 Å². The third-order valence-electron chi connectivity index (χ3n) is 7.33. The van der Waals surface area contributed by atoms with Crippen molar-refractivity contribution in [3.8, 4) is 0 Å². The van der Waals surface area contributed by atoms with Gasteiger partial charge in [0, 0.05) is 26.7 Å². The standard InChI is InChI=1S/C23H36O2.C18H28O2.2CH4/c1-18(2)10-7-11-19(3)12-8-13-20(4)14-9-15-21(5)16-17-23(25)22(6)24;1-14(2)8-6-9-15(3)10-7-11-16(4)12-13-18(20)17(5)19;;/h10,12,14,16H,7-9,11,13,15,17H2,1-6H3;8,10,12H,6-7,9,11,13H2,1-5H3;2*1H4/b19-12+,20-14+,21-16+;15-10+,16-12+;;. The minimum Gasteiger partial charge on any atom is -0.291 e. The monoisotopic (exact) mass is 653 g/mol. The van der Waals surface area contributed by atoms with Gasteiger partial charge in [0.15, 0.2) is 11.6 Å². The number of hydrogen-bond acceptors (Lipinski definition) is 4. The van der Waals surface area contributed by atoms with E-state index in [1.165, 1.54) is 52.9 Å². The lowest BCUT2D eigenvalue weighted by atomic mass is 10.0. The highest BCUT2D eigenvalue weighted by Crippen LogP contribution is 2.14. The Morgan fingerprint density at radius 2 is 0.553 bits per heavy atom. The van der Waals surface area contributed by atoms with Crippen molar-refractivity contribution in [1.82, 2.24) is 0 Å². The van der Waals surface area contributed by atoms with Crippen molar-refractivity contribution in [2.45, 2.75) is 168 Å². The van der Waals surface area contributed by atoms with Crippen molar-refractivity contribution in [3.63, 3.8) is 0 Å². The van der Waals surface area contributed by atoms with E-state index in [-0.39, 0.29) is 50.8 Å². The molecule has 47 heavy (non-hydrogen) atoms. The molecule has 0 radical (unpaired) electrons. The molecule has 0 aliphatic heterocycles. The normalized spacial score (nSPS) is 12.1. The van der Waals surface area contributed by atoms with Crippen LogP contribution in [0.5, 0.6) is 0 Å². The van der Waals surface area contributed by atoms with Crippen molar-refractivity contribution < 1.29 is 19.2 Å². The first-order valence-electron chi connectivity index (χ1n) is 16.7. The Balaban J connectivity index is -0.000000386. The van der Waals surface area contributed by atoms with Crippen molar-refractivity contribution >= 4 is 23.1 Å². The highest BCUT2D eigenvalue weighted by Gasteiger charge is 2.05. The van der Waals surface area contributed by atoms with Gasteiger partial charge in [0.2, 0.25) is 11.6 Å². The summed E-state index contributed by atoms with van der Waals surface area (Å²) in [4.78, 5) is 44.2. The Hall–Kier alpha value is -3.14. The molecule has 0 saturated heterocycles. The molecule has 0 aliphatic rings. The van der Waals surface area contributed by atoms with Gasteiger partial charge >= 0.3 is 0 Å². The fraction of sp³-hybridized carbons (Fsp3) is 0.581. The van der Waals surface area contributed by atoms with Crippen LogP contribution in [0.15, 0.2) is 81.5 Å². The Morgan fingerprint density at radius 3 is 0.766 bits per heavy atom. The molecule has 0 bridgehead atoms. The molecule has 0 unspecified atom stereocenters. The molecule has 0 aromatic rings. The third kappa shape index (κ3) is 35.6. The van der Waals surface area contributed by atoms with Crippen LogP contribution >= 0.6 is 0 Å². The third-order valence-corrected chi connectivity index (χ3v) is 7.33. The molecule has 0 N–H and O–H groups in total. The number of rotatable bonds is 21. The first-order chi connectivity index (χ1) is 21.0. The van der Waals surface area contributed by atoms with E-state index in [1.54, 1.807) is 0 Å². The second-order valence-electron chi connectivity index (χ2n) is 12.9. The second kappa shape index (κ2) is 31.5. The van der Waals surface area contributed by atoms with E-state index in [9.17, 15) is 19.2 Å². The first kappa shape index (κ1) is 50.7. The minimum absolute atomic E-state index is 0. The highest BCUT2D eigenvalue weighted by atomic mass is 16.2. The molecular formula is C43H72O4. The smallest absolute Gasteiger partial charge is 0.201 e. The molecule has 0 spiro atoms. The van der Waals surface area contributed by atoms with E-state index in [4.69, 9.17) is 0 Å². The lowest BCUT2D eigenvalue weighted by Crippen LogP contribution is -2.07. The number of ketones is 4. The van der Waals surface area contributed by atoms with Crippen molar-refractivity contribution in [2.24, 2.45) is 0 Å². The topological polar surface area (TPSA) is 68.3 Å². The molecule has 0 fully saturated rings. The summed E-state index contributed by atoms with van der Waals surface area (Å²) in [5, 5.41) is 0. The molecular weight excluding hydrogens is 580 g/mol. The van der Waals surface area contributed by atoms with Crippen molar-refractivity contribution in [2.75, 3.05) is 0 Å². The molecule has 268 valence electrons. The summed E-state index contributed by atoms with van der Waals surface area (Å²) >= 11 is 0.